The van der Waals surface area contributed by atoms with Crippen molar-refractivity contribution >= 4 is 35.7 Å². The van der Waals surface area contributed by atoms with Gasteiger partial charge in [-0.1, -0.05) is 11.6 Å². The number of nitrogens with two attached hydrogens (primary N) is 1. The van der Waals surface area contributed by atoms with Crippen molar-refractivity contribution in [3.63, 3.8) is 0 Å². The molecule has 0 aliphatic heterocycles. The normalized spacial score (nSPS) is 9.08. The summed E-state index contributed by atoms with van der Waals surface area (Å²) >= 11 is 5.73. The molecule has 0 aliphatic carbocycles. The number of halogens is 2. The lowest BCUT2D eigenvalue weighted by Gasteiger charge is -2.04. The molecule has 0 unspecified atom stereocenters. The smallest absolute Gasteiger partial charge is 0.337 e. The molecule has 0 heterocycles. The number of rotatable bonds is 1. The molecule has 72 valence electrons. The summed E-state index contributed by atoms with van der Waals surface area (Å²) in [6.45, 7) is 1.68. The molecule has 0 saturated carbocycles. The van der Waals surface area contributed by atoms with Crippen molar-refractivity contribution in [1.82, 2.24) is 0 Å². The fourth-order valence-electron chi connectivity index (χ4n) is 0.865. The van der Waals surface area contributed by atoms with Crippen LogP contribution in [0.15, 0.2) is 12.1 Å². The van der Waals surface area contributed by atoms with E-state index in [1.807, 2.05) is 0 Å². The Kier molecular flexibility index (Phi) is 4.04. The van der Waals surface area contributed by atoms with E-state index in [1.165, 1.54) is 12.1 Å². The number of carboxylic acids is 1. The SMILES string of the molecule is Cc1c(N)ccc(C(=O)O)c1Cl.Cl. The lowest BCUT2D eigenvalue weighted by Crippen LogP contribution is -2.00. The molecular formula is C8H9Cl2NO2. The van der Waals surface area contributed by atoms with E-state index in [9.17, 15) is 4.79 Å². The van der Waals surface area contributed by atoms with Gasteiger partial charge in [-0.3, -0.25) is 0 Å². The Morgan fingerprint density at radius 3 is 2.54 bits per heavy atom. The van der Waals surface area contributed by atoms with Crippen molar-refractivity contribution in [2.45, 2.75) is 6.92 Å². The van der Waals surface area contributed by atoms with Crippen LogP contribution in [0.4, 0.5) is 5.69 Å². The van der Waals surface area contributed by atoms with Crippen LogP contribution in [0.2, 0.25) is 5.02 Å². The molecule has 0 fully saturated rings. The third kappa shape index (κ3) is 2.26. The fourth-order valence-corrected chi connectivity index (χ4v) is 1.12. The molecular weight excluding hydrogens is 213 g/mol. The molecule has 3 N–H and O–H groups in total. The van der Waals surface area contributed by atoms with Crippen LogP contribution in [-0.2, 0) is 0 Å². The largest absolute Gasteiger partial charge is 0.478 e. The fraction of sp³-hybridized carbons (Fsp3) is 0.125. The number of benzene rings is 1. The maximum atomic E-state index is 10.6. The van der Waals surface area contributed by atoms with Crippen LogP contribution in [0.5, 0.6) is 0 Å². The molecule has 0 atom stereocenters. The first-order valence-corrected chi connectivity index (χ1v) is 3.69. The van der Waals surface area contributed by atoms with E-state index in [1.54, 1.807) is 6.92 Å². The summed E-state index contributed by atoms with van der Waals surface area (Å²) in [6.07, 6.45) is 0. The predicted molar refractivity (Wildman–Crippen MR) is 54.8 cm³/mol. The lowest BCUT2D eigenvalue weighted by molar-refractivity contribution is 0.0697. The number of hydrogen-bond donors (Lipinski definition) is 2. The summed E-state index contributed by atoms with van der Waals surface area (Å²) < 4.78 is 0. The summed E-state index contributed by atoms with van der Waals surface area (Å²) in [7, 11) is 0. The van der Waals surface area contributed by atoms with E-state index in [0.29, 0.717) is 11.3 Å². The minimum atomic E-state index is -1.04. The summed E-state index contributed by atoms with van der Waals surface area (Å²) in [5.74, 6) is -1.04. The van der Waals surface area contributed by atoms with Gasteiger partial charge < -0.3 is 10.8 Å². The second-order valence-corrected chi connectivity index (χ2v) is 2.82. The maximum Gasteiger partial charge on any atom is 0.337 e. The summed E-state index contributed by atoms with van der Waals surface area (Å²) in [6, 6.07) is 2.93. The van der Waals surface area contributed by atoms with Crippen LogP contribution in [0.25, 0.3) is 0 Å². The van der Waals surface area contributed by atoms with E-state index < -0.39 is 5.97 Å². The molecule has 0 aromatic heterocycles. The Labute approximate surface area is 86.9 Å². The van der Waals surface area contributed by atoms with Crippen LogP contribution in [-0.4, -0.2) is 11.1 Å². The molecule has 13 heavy (non-hydrogen) atoms. The van der Waals surface area contributed by atoms with Gasteiger partial charge in [0.25, 0.3) is 0 Å². The summed E-state index contributed by atoms with van der Waals surface area (Å²) in [5, 5.41) is 8.87. The third-order valence-corrected chi connectivity index (χ3v) is 2.15. The molecule has 0 saturated heterocycles. The Morgan fingerprint density at radius 1 is 1.54 bits per heavy atom. The van der Waals surface area contributed by atoms with E-state index in [2.05, 4.69) is 0 Å². The standard InChI is InChI=1S/C8H8ClNO2.ClH/c1-4-6(10)3-2-5(7(4)9)8(11)12;/h2-3H,10H2,1H3,(H,11,12);1H. The molecule has 1 rings (SSSR count). The highest BCUT2D eigenvalue weighted by Gasteiger charge is 2.11. The van der Waals surface area contributed by atoms with Crippen molar-refractivity contribution in [1.29, 1.82) is 0 Å². The Bertz CT molecular complexity index is 339. The molecule has 1 aromatic rings. The minimum absolute atomic E-state index is 0. The first-order chi connectivity index (χ1) is 5.54. The topological polar surface area (TPSA) is 63.3 Å². The molecule has 5 heteroatoms. The number of anilines is 1. The van der Waals surface area contributed by atoms with E-state index in [0.717, 1.165) is 0 Å². The van der Waals surface area contributed by atoms with Gasteiger partial charge in [0.05, 0.1) is 10.6 Å². The van der Waals surface area contributed by atoms with Gasteiger partial charge in [-0.15, -0.1) is 12.4 Å². The van der Waals surface area contributed by atoms with Gasteiger partial charge in [0.1, 0.15) is 0 Å². The highest BCUT2D eigenvalue weighted by atomic mass is 35.5. The zero-order valence-corrected chi connectivity index (χ0v) is 8.45. The molecule has 0 radical (unpaired) electrons. The zero-order valence-electron chi connectivity index (χ0n) is 6.87. The molecule has 3 nitrogen and oxygen atoms in total. The number of carboxylic acid groups (broad SMARTS) is 1. The van der Waals surface area contributed by atoms with Gasteiger partial charge in [-0.05, 0) is 24.6 Å². The molecule has 0 aliphatic rings. The van der Waals surface area contributed by atoms with Crippen LogP contribution in [0.3, 0.4) is 0 Å². The van der Waals surface area contributed by atoms with Crippen LogP contribution >= 0.6 is 24.0 Å². The van der Waals surface area contributed by atoms with Crippen molar-refractivity contribution in [3.8, 4) is 0 Å². The van der Waals surface area contributed by atoms with Crippen LogP contribution in [0, 0.1) is 6.92 Å². The zero-order chi connectivity index (χ0) is 9.30. The van der Waals surface area contributed by atoms with Gasteiger partial charge in [-0.2, -0.15) is 0 Å². The second-order valence-electron chi connectivity index (χ2n) is 2.45. The average Bonchev–Trinajstić information content (AvgIpc) is 2.00. The summed E-state index contributed by atoms with van der Waals surface area (Å²) in [5.41, 5.74) is 6.71. The Hall–Kier alpha value is -0.930. The second kappa shape index (κ2) is 4.35. The first-order valence-electron chi connectivity index (χ1n) is 3.32. The monoisotopic (exact) mass is 221 g/mol. The summed E-state index contributed by atoms with van der Waals surface area (Å²) in [4.78, 5) is 10.6. The first kappa shape index (κ1) is 12.1. The average molecular weight is 222 g/mol. The van der Waals surface area contributed by atoms with Crippen molar-refractivity contribution in [3.05, 3.63) is 28.3 Å². The molecule has 0 amide bonds. The van der Waals surface area contributed by atoms with Crippen molar-refractivity contribution < 1.29 is 9.90 Å². The van der Waals surface area contributed by atoms with Gasteiger partial charge in [-0.25, -0.2) is 4.79 Å². The number of aromatic carboxylic acids is 1. The Morgan fingerprint density at radius 2 is 2.08 bits per heavy atom. The Balaban J connectivity index is 0.00000144. The molecule has 0 spiro atoms. The maximum absolute atomic E-state index is 10.6. The van der Waals surface area contributed by atoms with Crippen LogP contribution < -0.4 is 5.73 Å². The van der Waals surface area contributed by atoms with Gasteiger partial charge in [0.2, 0.25) is 0 Å². The molecule has 0 bridgehead atoms. The van der Waals surface area contributed by atoms with Gasteiger partial charge in [0, 0.05) is 5.69 Å². The highest BCUT2D eigenvalue weighted by Crippen LogP contribution is 2.25. The van der Waals surface area contributed by atoms with Crippen molar-refractivity contribution in [2.24, 2.45) is 0 Å². The number of nitrogen functional groups attached to an aromatic ring is 1. The number of carbonyl (C=O) groups is 1. The molecule has 1 aromatic carbocycles. The lowest BCUT2D eigenvalue weighted by atomic mass is 10.1. The highest BCUT2D eigenvalue weighted by molar-refractivity contribution is 6.34. The van der Waals surface area contributed by atoms with E-state index in [4.69, 9.17) is 22.4 Å². The minimum Gasteiger partial charge on any atom is -0.478 e. The van der Waals surface area contributed by atoms with E-state index >= 15 is 0 Å². The third-order valence-electron chi connectivity index (χ3n) is 1.66. The predicted octanol–water partition coefficient (Wildman–Crippen LogP) is 2.35. The van der Waals surface area contributed by atoms with Gasteiger partial charge >= 0.3 is 5.97 Å². The van der Waals surface area contributed by atoms with E-state index in [-0.39, 0.29) is 23.0 Å². The quantitative estimate of drug-likeness (QED) is 0.716. The van der Waals surface area contributed by atoms with Gasteiger partial charge in [0.15, 0.2) is 0 Å². The van der Waals surface area contributed by atoms with Crippen molar-refractivity contribution in [2.75, 3.05) is 5.73 Å². The van der Waals surface area contributed by atoms with Crippen LogP contribution in [0.1, 0.15) is 15.9 Å². The number of hydrogen-bond acceptors (Lipinski definition) is 2.